The van der Waals surface area contributed by atoms with E-state index in [9.17, 15) is 4.79 Å². The third kappa shape index (κ3) is 3.85. The number of primary amides is 1. The number of carbonyl (C=O) groups excluding carboxylic acids is 1. The molecule has 1 atom stereocenters. The molecule has 1 aromatic heterocycles. The Balaban J connectivity index is 2.61. The zero-order valence-electron chi connectivity index (χ0n) is 10.7. The predicted molar refractivity (Wildman–Crippen MR) is 65.4 cm³/mol. The third-order valence-corrected chi connectivity index (χ3v) is 2.74. The summed E-state index contributed by atoms with van der Waals surface area (Å²) in [6.45, 7) is 6.70. The Kier molecular flexibility index (Phi) is 5.15. The van der Waals surface area contributed by atoms with Gasteiger partial charge in [0.1, 0.15) is 5.76 Å². The number of aromatic nitrogens is 1. The molecule has 1 rings (SSSR count). The van der Waals surface area contributed by atoms with E-state index in [1.807, 2.05) is 20.8 Å². The Hall–Kier alpha value is -1.36. The molecule has 0 bridgehead atoms. The van der Waals surface area contributed by atoms with Gasteiger partial charge in [-0.05, 0) is 13.3 Å². The van der Waals surface area contributed by atoms with Crippen molar-refractivity contribution in [3.63, 3.8) is 0 Å². The van der Waals surface area contributed by atoms with Gasteiger partial charge in [0.2, 0.25) is 5.91 Å². The quantitative estimate of drug-likeness (QED) is 0.748. The van der Waals surface area contributed by atoms with Gasteiger partial charge in [0.05, 0.1) is 5.69 Å². The molecule has 17 heavy (non-hydrogen) atoms. The van der Waals surface area contributed by atoms with Crippen LogP contribution in [0.1, 0.15) is 44.2 Å². The molecule has 1 amide bonds. The van der Waals surface area contributed by atoms with Gasteiger partial charge in [-0.15, -0.1) is 0 Å². The van der Waals surface area contributed by atoms with Crippen molar-refractivity contribution in [3.05, 3.63) is 17.0 Å². The summed E-state index contributed by atoms with van der Waals surface area (Å²) in [5.41, 5.74) is 7.25. The average molecular weight is 239 g/mol. The Morgan fingerprint density at radius 2 is 2.18 bits per heavy atom. The summed E-state index contributed by atoms with van der Waals surface area (Å²) in [5, 5.41) is 7.30. The van der Waals surface area contributed by atoms with Crippen molar-refractivity contribution >= 4 is 5.91 Å². The molecule has 0 aliphatic rings. The molecular formula is C12H21N3O2. The molecule has 0 radical (unpaired) electrons. The van der Waals surface area contributed by atoms with Gasteiger partial charge in [-0.25, -0.2) is 0 Å². The predicted octanol–water partition coefficient (Wildman–Crippen LogP) is 1.15. The fourth-order valence-corrected chi connectivity index (χ4v) is 1.79. The molecule has 0 aliphatic carbocycles. The van der Waals surface area contributed by atoms with Crippen molar-refractivity contribution in [1.82, 2.24) is 10.5 Å². The number of aryl methyl sites for hydroxylation is 2. The van der Waals surface area contributed by atoms with Gasteiger partial charge in [0, 0.05) is 31.0 Å². The van der Waals surface area contributed by atoms with Crippen molar-refractivity contribution in [2.45, 2.75) is 52.6 Å². The number of nitrogens with one attached hydrogen (secondary N) is 1. The molecule has 96 valence electrons. The minimum Gasteiger partial charge on any atom is -0.370 e. The van der Waals surface area contributed by atoms with Crippen LogP contribution >= 0.6 is 0 Å². The topological polar surface area (TPSA) is 81.2 Å². The molecule has 0 spiro atoms. The Morgan fingerprint density at radius 3 is 2.71 bits per heavy atom. The van der Waals surface area contributed by atoms with Crippen molar-refractivity contribution in [2.24, 2.45) is 5.73 Å². The maximum absolute atomic E-state index is 10.8. The van der Waals surface area contributed by atoms with Crippen molar-refractivity contribution in [3.8, 4) is 0 Å². The second kappa shape index (κ2) is 6.39. The van der Waals surface area contributed by atoms with Crippen LogP contribution in [0.3, 0.4) is 0 Å². The summed E-state index contributed by atoms with van der Waals surface area (Å²) >= 11 is 0. The van der Waals surface area contributed by atoms with Gasteiger partial charge in [-0.1, -0.05) is 19.0 Å². The van der Waals surface area contributed by atoms with E-state index < -0.39 is 0 Å². The van der Waals surface area contributed by atoms with Crippen LogP contribution in [0.4, 0.5) is 0 Å². The van der Waals surface area contributed by atoms with Gasteiger partial charge in [0.25, 0.3) is 0 Å². The largest absolute Gasteiger partial charge is 0.370 e. The molecule has 0 aromatic carbocycles. The highest BCUT2D eigenvalue weighted by Gasteiger charge is 2.14. The Morgan fingerprint density at radius 1 is 1.47 bits per heavy atom. The summed E-state index contributed by atoms with van der Waals surface area (Å²) in [6, 6.07) is 0.0665. The molecular weight excluding hydrogens is 218 g/mol. The number of hydrogen-bond acceptors (Lipinski definition) is 4. The first-order valence-electron chi connectivity index (χ1n) is 6.06. The van der Waals surface area contributed by atoms with Crippen LogP contribution < -0.4 is 11.1 Å². The first kappa shape index (κ1) is 13.7. The van der Waals surface area contributed by atoms with E-state index in [4.69, 9.17) is 10.3 Å². The number of rotatable bonds is 7. The highest BCUT2D eigenvalue weighted by atomic mass is 16.5. The summed E-state index contributed by atoms with van der Waals surface area (Å²) in [5.74, 6) is 0.627. The highest BCUT2D eigenvalue weighted by molar-refractivity contribution is 5.74. The monoisotopic (exact) mass is 239 g/mol. The number of hydrogen-bond donors (Lipinski definition) is 2. The van der Waals surface area contributed by atoms with Crippen LogP contribution in [0.5, 0.6) is 0 Å². The molecule has 5 nitrogen and oxygen atoms in total. The van der Waals surface area contributed by atoms with E-state index in [0.717, 1.165) is 29.9 Å². The number of amides is 1. The summed E-state index contributed by atoms with van der Waals surface area (Å²) in [7, 11) is 0. The minimum atomic E-state index is -0.290. The Labute approximate surface area is 102 Å². The second-order valence-electron chi connectivity index (χ2n) is 4.19. The van der Waals surface area contributed by atoms with Gasteiger partial charge >= 0.3 is 0 Å². The summed E-state index contributed by atoms with van der Waals surface area (Å²) < 4.78 is 5.27. The van der Waals surface area contributed by atoms with E-state index >= 15 is 0 Å². The first-order valence-corrected chi connectivity index (χ1v) is 6.06. The van der Waals surface area contributed by atoms with E-state index in [0.29, 0.717) is 13.0 Å². The molecule has 3 N–H and O–H groups in total. The molecule has 0 saturated carbocycles. The average Bonchev–Trinajstić information content (AvgIpc) is 2.67. The minimum absolute atomic E-state index is 0.0665. The highest BCUT2D eigenvalue weighted by Crippen LogP contribution is 2.15. The molecule has 0 saturated heterocycles. The fourth-order valence-electron chi connectivity index (χ4n) is 1.79. The first-order chi connectivity index (χ1) is 8.08. The molecule has 1 heterocycles. The summed E-state index contributed by atoms with van der Waals surface area (Å²) in [6.07, 6.45) is 2.02. The molecule has 0 aliphatic heterocycles. The zero-order chi connectivity index (χ0) is 12.8. The standard InChI is InChI=1S/C12H21N3O2/c1-4-10-9(11(5-2)17-15-10)7-14-8(3)6-12(13)16/h8,14H,4-7H2,1-3H3,(H2,13,16). The van der Waals surface area contributed by atoms with E-state index in [2.05, 4.69) is 10.5 Å². The van der Waals surface area contributed by atoms with Crippen molar-refractivity contribution in [1.29, 1.82) is 0 Å². The van der Waals surface area contributed by atoms with Gasteiger partial charge in [0.15, 0.2) is 0 Å². The van der Waals surface area contributed by atoms with Gasteiger partial charge in [-0.3, -0.25) is 4.79 Å². The zero-order valence-corrected chi connectivity index (χ0v) is 10.7. The lowest BCUT2D eigenvalue weighted by Crippen LogP contribution is -2.30. The molecule has 0 fully saturated rings. The number of nitrogens with zero attached hydrogens (tertiary/aromatic N) is 1. The number of nitrogens with two attached hydrogens (primary N) is 1. The number of carbonyl (C=O) groups is 1. The molecule has 1 aromatic rings. The molecule has 1 unspecified atom stereocenters. The lowest BCUT2D eigenvalue weighted by atomic mass is 10.1. The lowest BCUT2D eigenvalue weighted by molar-refractivity contribution is -0.118. The van der Waals surface area contributed by atoms with E-state index in [-0.39, 0.29) is 11.9 Å². The SMILES string of the molecule is CCc1noc(CC)c1CNC(C)CC(N)=O. The summed E-state index contributed by atoms with van der Waals surface area (Å²) in [4.78, 5) is 10.8. The maximum atomic E-state index is 10.8. The van der Waals surface area contributed by atoms with Crippen LogP contribution in [0.25, 0.3) is 0 Å². The fraction of sp³-hybridized carbons (Fsp3) is 0.667. The maximum Gasteiger partial charge on any atom is 0.218 e. The lowest BCUT2D eigenvalue weighted by Gasteiger charge is -2.11. The van der Waals surface area contributed by atoms with E-state index in [1.54, 1.807) is 0 Å². The third-order valence-electron chi connectivity index (χ3n) is 2.74. The van der Waals surface area contributed by atoms with Crippen molar-refractivity contribution < 1.29 is 9.32 Å². The van der Waals surface area contributed by atoms with Gasteiger partial charge in [-0.2, -0.15) is 0 Å². The molecule has 5 heteroatoms. The van der Waals surface area contributed by atoms with Crippen molar-refractivity contribution in [2.75, 3.05) is 0 Å². The van der Waals surface area contributed by atoms with Crippen LogP contribution in [-0.2, 0) is 24.2 Å². The van der Waals surface area contributed by atoms with Crippen LogP contribution in [0, 0.1) is 0 Å². The van der Waals surface area contributed by atoms with Crippen LogP contribution in [0.15, 0.2) is 4.52 Å². The smallest absolute Gasteiger partial charge is 0.218 e. The van der Waals surface area contributed by atoms with Crippen LogP contribution in [-0.4, -0.2) is 17.1 Å². The van der Waals surface area contributed by atoms with Crippen LogP contribution in [0.2, 0.25) is 0 Å². The second-order valence-corrected chi connectivity index (χ2v) is 4.19. The normalized spacial score (nSPS) is 12.6. The van der Waals surface area contributed by atoms with Gasteiger partial charge < -0.3 is 15.6 Å². The van der Waals surface area contributed by atoms with E-state index in [1.165, 1.54) is 0 Å². The Bertz CT molecular complexity index is 352.